The fourth-order valence-corrected chi connectivity index (χ4v) is 1.69. The maximum Gasteiger partial charge on any atom is 0.00656 e. The Hall–Kier alpha value is -1.21. The first-order valence-corrected chi connectivity index (χ1v) is 7.04. The van der Waals surface area contributed by atoms with Gasteiger partial charge in [0.2, 0.25) is 0 Å². The van der Waals surface area contributed by atoms with Gasteiger partial charge in [0.15, 0.2) is 0 Å². The van der Waals surface area contributed by atoms with Crippen LogP contribution in [0.25, 0.3) is 0 Å². The van der Waals surface area contributed by atoms with Gasteiger partial charge in [-0.15, -0.1) is 11.8 Å². The van der Waals surface area contributed by atoms with Crippen LogP contribution >= 0.6 is 11.8 Å². The zero-order valence-electron chi connectivity index (χ0n) is 11.0. The summed E-state index contributed by atoms with van der Waals surface area (Å²) in [6.07, 6.45) is 11.1. The molecule has 0 fully saturated rings. The fourth-order valence-electron chi connectivity index (χ4n) is 1.19. The zero-order valence-corrected chi connectivity index (χ0v) is 11.8. The molecular weight excluding hydrogens is 224 g/mol. The third-order valence-corrected chi connectivity index (χ3v) is 2.84. The van der Waals surface area contributed by atoms with Crippen molar-refractivity contribution in [2.24, 2.45) is 0 Å². The van der Waals surface area contributed by atoms with Gasteiger partial charge in [-0.1, -0.05) is 62.1 Å². The van der Waals surface area contributed by atoms with Gasteiger partial charge < -0.3 is 0 Å². The largest absolute Gasteiger partial charge is 0.130 e. The van der Waals surface area contributed by atoms with Crippen molar-refractivity contribution in [1.82, 2.24) is 0 Å². The standard InChI is InChI=1S/C8H12S.C8H10/c1-4-6-8(9-3)7-5-2;1-2-8-6-4-3-5-7-8/h4-7H,1H2,2-3H3;3-7H,2H2,1H3/b7-5-,8-6+;. The van der Waals surface area contributed by atoms with Gasteiger partial charge in [0, 0.05) is 4.91 Å². The minimum absolute atomic E-state index is 1.14. The van der Waals surface area contributed by atoms with E-state index in [2.05, 4.69) is 50.1 Å². The SMILES string of the molecule is C=C/C=C(\C=C/C)SC.CCc1ccccc1. The Balaban J connectivity index is 0.000000302. The fraction of sp³-hybridized carbons (Fsp3) is 0.250. The van der Waals surface area contributed by atoms with E-state index < -0.39 is 0 Å². The van der Waals surface area contributed by atoms with Crippen LogP contribution in [0.5, 0.6) is 0 Å². The van der Waals surface area contributed by atoms with Gasteiger partial charge in [0.25, 0.3) is 0 Å². The van der Waals surface area contributed by atoms with Crippen LogP contribution in [0.1, 0.15) is 19.4 Å². The molecule has 92 valence electrons. The molecule has 0 heterocycles. The lowest BCUT2D eigenvalue weighted by molar-refractivity contribution is 1.14. The van der Waals surface area contributed by atoms with Gasteiger partial charge in [-0.25, -0.2) is 0 Å². The third kappa shape index (κ3) is 8.58. The molecule has 1 rings (SSSR count). The van der Waals surface area contributed by atoms with Gasteiger partial charge in [-0.3, -0.25) is 0 Å². The summed E-state index contributed by atoms with van der Waals surface area (Å²) in [4.78, 5) is 1.24. The Morgan fingerprint density at radius 2 is 1.94 bits per heavy atom. The van der Waals surface area contributed by atoms with Gasteiger partial charge in [0.05, 0.1) is 0 Å². The average Bonchev–Trinajstić information content (AvgIpc) is 2.40. The number of hydrogen-bond donors (Lipinski definition) is 0. The van der Waals surface area contributed by atoms with Crippen LogP contribution in [0.3, 0.4) is 0 Å². The Labute approximate surface area is 110 Å². The molecule has 0 saturated carbocycles. The lowest BCUT2D eigenvalue weighted by atomic mass is 10.2. The molecule has 0 unspecified atom stereocenters. The van der Waals surface area contributed by atoms with Crippen molar-refractivity contribution in [3.05, 3.63) is 71.7 Å². The van der Waals surface area contributed by atoms with E-state index in [1.165, 1.54) is 10.5 Å². The van der Waals surface area contributed by atoms with Gasteiger partial charge in [-0.05, 0) is 31.2 Å². The summed E-state index contributed by atoms with van der Waals surface area (Å²) in [5.74, 6) is 0. The normalized spacial score (nSPS) is 10.9. The van der Waals surface area contributed by atoms with E-state index in [4.69, 9.17) is 0 Å². The van der Waals surface area contributed by atoms with E-state index in [1.807, 2.05) is 25.1 Å². The molecule has 0 aliphatic carbocycles. The smallest absolute Gasteiger partial charge is 0.00656 e. The van der Waals surface area contributed by atoms with Gasteiger partial charge in [-0.2, -0.15) is 0 Å². The molecule has 17 heavy (non-hydrogen) atoms. The molecule has 1 aromatic rings. The van der Waals surface area contributed by atoms with Crippen molar-refractivity contribution in [1.29, 1.82) is 0 Å². The number of aryl methyl sites for hydroxylation is 1. The Bertz CT molecular complexity index is 347. The molecule has 0 N–H and O–H groups in total. The van der Waals surface area contributed by atoms with Crippen LogP contribution in [-0.2, 0) is 6.42 Å². The Morgan fingerprint density at radius 3 is 2.29 bits per heavy atom. The van der Waals surface area contributed by atoms with Crippen LogP contribution in [-0.4, -0.2) is 6.26 Å². The second-order valence-electron chi connectivity index (χ2n) is 3.35. The van der Waals surface area contributed by atoms with Crippen molar-refractivity contribution >= 4 is 11.8 Å². The van der Waals surface area contributed by atoms with Crippen molar-refractivity contribution in [3.8, 4) is 0 Å². The molecule has 0 radical (unpaired) electrons. The average molecular weight is 246 g/mol. The van der Waals surface area contributed by atoms with E-state index in [0.717, 1.165) is 6.42 Å². The molecule has 0 bridgehead atoms. The predicted octanol–water partition coefficient (Wildman–Crippen LogP) is 5.24. The second kappa shape index (κ2) is 11.3. The number of benzene rings is 1. The summed E-state index contributed by atoms with van der Waals surface area (Å²) in [5, 5.41) is 0. The van der Waals surface area contributed by atoms with Gasteiger partial charge in [0.1, 0.15) is 0 Å². The highest BCUT2D eigenvalue weighted by atomic mass is 32.2. The van der Waals surface area contributed by atoms with E-state index >= 15 is 0 Å². The highest BCUT2D eigenvalue weighted by Gasteiger charge is 1.81. The number of thioether (sulfide) groups is 1. The van der Waals surface area contributed by atoms with E-state index in [9.17, 15) is 0 Å². The molecule has 0 aromatic heterocycles. The predicted molar refractivity (Wildman–Crippen MR) is 82.4 cm³/mol. The Kier molecular flexibility index (Phi) is 10.5. The van der Waals surface area contributed by atoms with Crippen molar-refractivity contribution in [2.45, 2.75) is 20.3 Å². The number of allylic oxidation sites excluding steroid dienone is 4. The maximum atomic E-state index is 3.61. The number of rotatable bonds is 4. The first-order valence-electron chi connectivity index (χ1n) is 5.81. The minimum Gasteiger partial charge on any atom is -0.130 e. The van der Waals surface area contributed by atoms with E-state index in [1.54, 1.807) is 17.8 Å². The molecule has 0 amide bonds. The summed E-state index contributed by atoms with van der Waals surface area (Å²) < 4.78 is 0. The van der Waals surface area contributed by atoms with E-state index in [-0.39, 0.29) is 0 Å². The molecule has 0 saturated heterocycles. The summed E-state index contributed by atoms with van der Waals surface area (Å²) >= 11 is 1.72. The van der Waals surface area contributed by atoms with Crippen LogP contribution in [0, 0.1) is 0 Å². The van der Waals surface area contributed by atoms with Gasteiger partial charge >= 0.3 is 0 Å². The first-order chi connectivity index (χ1) is 8.28. The first kappa shape index (κ1) is 15.8. The van der Waals surface area contributed by atoms with Crippen molar-refractivity contribution < 1.29 is 0 Å². The minimum atomic E-state index is 1.14. The topological polar surface area (TPSA) is 0 Å². The monoisotopic (exact) mass is 246 g/mol. The maximum absolute atomic E-state index is 3.61. The molecule has 1 heteroatoms. The number of hydrogen-bond acceptors (Lipinski definition) is 1. The summed E-state index contributed by atoms with van der Waals surface area (Å²) in [5.41, 5.74) is 1.41. The molecule has 0 aliphatic heterocycles. The summed E-state index contributed by atoms with van der Waals surface area (Å²) in [6.45, 7) is 7.78. The van der Waals surface area contributed by atoms with Crippen LogP contribution in [0.2, 0.25) is 0 Å². The summed E-state index contributed by atoms with van der Waals surface area (Å²) in [7, 11) is 0. The molecule has 0 nitrogen and oxygen atoms in total. The third-order valence-electron chi connectivity index (χ3n) is 2.10. The van der Waals surface area contributed by atoms with Crippen LogP contribution < -0.4 is 0 Å². The zero-order chi connectivity index (χ0) is 12.9. The summed E-state index contributed by atoms with van der Waals surface area (Å²) in [6, 6.07) is 10.5. The highest BCUT2D eigenvalue weighted by Crippen LogP contribution is 2.12. The molecule has 1 aromatic carbocycles. The molecular formula is C16H22S. The Morgan fingerprint density at radius 1 is 1.29 bits per heavy atom. The van der Waals surface area contributed by atoms with Crippen LogP contribution in [0.4, 0.5) is 0 Å². The van der Waals surface area contributed by atoms with E-state index in [0.29, 0.717) is 0 Å². The molecule has 0 aliphatic rings. The van der Waals surface area contributed by atoms with Crippen molar-refractivity contribution in [3.63, 3.8) is 0 Å². The highest BCUT2D eigenvalue weighted by molar-refractivity contribution is 8.02. The molecule has 0 spiro atoms. The van der Waals surface area contributed by atoms with Crippen LogP contribution in [0.15, 0.2) is 66.1 Å². The second-order valence-corrected chi connectivity index (χ2v) is 4.23. The lowest BCUT2D eigenvalue weighted by Gasteiger charge is -1.90. The van der Waals surface area contributed by atoms with Crippen molar-refractivity contribution in [2.75, 3.05) is 6.26 Å². The quantitative estimate of drug-likeness (QED) is 0.654. The molecule has 0 atom stereocenters. The lowest BCUT2D eigenvalue weighted by Crippen LogP contribution is -1.73.